The Kier molecular flexibility index (Phi) is 6.24. The van der Waals surface area contributed by atoms with Crippen molar-refractivity contribution >= 4 is 44.3 Å². The second-order valence-electron chi connectivity index (χ2n) is 11.9. The van der Waals surface area contributed by atoms with Gasteiger partial charge in [-0.3, -0.25) is 9.57 Å². The van der Waals surface area contributed by atoms with Crippen molar-refractivity contribution < 1.29 is 31.0 Å². The predicted octanol–water partition coefficient (Wildman–Crippen LogP) is 5.76. The number of alkyl halides is 5. The molecule has 6 rings (SSSR count). The smallest absolute Gasteiger partial charge is 0.342 e. The minimum atomic E-state index is -4.65. The zero-order valence-corrected chi connectivity index (χ0v) is 24.5. The van der Waals surface area contributed by atoms with Crippen LogP contribution in [0.25, 0.3) is 5.65 Å². The topological polar surface area (TPSA) is 94.7 Å². The Morgan fingerprint density at radius 2 is 1.79 bits per heavy atom. The minimum absolute atomic E-state index is 0.00340. The summed E-state index contributed by atoms with van der Waals surface area (Å²) >= 11 is 5.97. The van der Waals surface area contributed by atoms with Crippen molar-refractivity contribution in [1.29, 1.82) is 4.78 Å². The predicted molar refractivity (Wildman–Crippen MR) is 147 cm³/mol. The van der Waals surface area contributed by atoms with Crippen LogP contribution < -0.4 is 4.90 Å². The van der Waals surface area contributed by atoms with Gasteiger partial charge in [0.1, 0.15) is 10.8 Å². The van der Waals surface area contributed by atoms with Crippen molar-refractivity contribution in [3.8, 4) is 0 Å². The van der Waals surface area contributed by atoms with Crippen molar-refractivity contribution in [2.75, 3.05) is 30.0 Å². The van der Waals surface area contributed by atoms with E-state index in [0.717, 1.165) is 11.4 Å². The average molecular weight is 631 g/mol. The third-order valence-corrected chi connectivity index (χ3v) is 11.3. The van der Waals surface area contributed by atoms with Crippen molar-refractivity contribution in [1.82, 2.24) is 19.5 Å². The summed E-state index contributed by atoms with van der Waals surface area (Å²) in [6.07, 6.45) is -2.71. The average Bonchev–Trinajstić information content (AvgIpc) is 3.19. The van der Waals surface area contributed by atoms with Crippen molar-refractivity contribution in [3.63, 3.8) is 0 Å². The standard InChI is InChI=1S/C27H28ClF5N6O2S/c1-24(27(31,32)33)14-38(18-13-35-20-12-19(28)36-39(20)22(18)24)17-6-4-15(5-7-17)21-25(2,26(21,29)30)23(40)37(3)16-8-10-42(34,41)11-9-16/h4-7,12-13,16,21,34H,8-11,14H2,1-3H3/t16?,21-,24-,25+,42?/m1/s1. The molecule has 1 saturated heterocycles. The summed E-state index contributed by atoms with van der Waals surface area (Å²) in [5, 5.41) is 4.02. The van der Waals surface area contributed by atoms with Crippen LogP contribution in [0.5, 0.6) is 0 Å². The van der Waals surface area contributed by atoms with E-state index in [0.29, 0.717) is 18.5 Å². The molecular formula is C27H28ClF5N6O2S. The molecule has 8 nitrogen and oxygen atoms in total. The van der Waals surface area contributed by atoms with Gasteiger partial charge in [-0.15, -0.1) is 0 Å². The number of hydrogen-bond donors (Lipinski definition) is 1. The van der Waals surface area contributed by atoms with Crippen LogP contribution >= 0.6 is 11.6 Å². The number of carbonyl (C=O) groups is 1. The first kappa shape index (κ1) is 29.1. The summed E-state index contributed by atoms with van der Waals surface area (Å²) in [6.45, 7) is 1.80. The number of fused-ring (bicyclic) bond motifs is 3. The maximum atomic E-state index is 15.3. The van der Waals surface area contributed by atoms with Gasteiger partial charge in [-0.05, 0) is 44.4 Å². The third-order valence-electron chi connectivity index (χ3n) is 9.31. The molecule has 0 unspecified atom stereocenters. The number of carbonyl (C=O) groups excluding carboxylic acids is 1. The van der Waals surface area contributed by atoms with Gasteiger partial charge >= 0.3 is 6.18 Å². The Labute approximate surface area is 243 Å². The molecule has 0 spiro atoms. The van der Waals surface area contributed by atoms with E-state index < -0.39 is 51.0 Å². The molecule has 226 valence electrons. The maximum Gasteiger partial charge on any atom is 0.401 e. The Bertz CT molecular complexity index is 1700. The number of rotatable bonds is 4. The molecular weight excluding hydrogens is 603 g/mol. The molecule has 1 amide bonds. The monoisotopic (exact) mass is 630 g/mol. The van der Waals surface area contributed by atoms with E-state index in [2.05, 4.69) is 10.1 Å². The minimum Gasteiger partial charge on any atom is -0.342 e. The maximum absolute atomic E-state index is 15.3. The summed E-state index contributed by atoms with van der Waals surface area (Å²) in [7, 11) is -1.23. The molecule has 4 heterocycles. The number of halogens is 6. The Hall–Kier alpha value is -3.00. The molecule has 42 heavy (non-hydrogen) atoms. The van der Waals surface area contributed by atoms with Gasteiger partial charge in [-0.1, -0.05) is 23.7 Å². The van der Waals surface area contributed by atoms with Gasteiger partial charge in [0.2, 0.25) is 5.91 Å². The summed E-state index contributed by atoms with van der Waals surface area (Å²) in [6, 6.07) is 6.76. The highest BCUT2D eigenvalue weighted by Gasteiger charge is 2.82. The highest BCUT2D eigenvalue weighted by Crippen LogP contribution is 2.72. The number of nitrogens with one attached hydrogen (secondary N) is 1. The van der Waals surface area contributed by atoms with Crippen LogP contribution in [0.4, 0.5) is 33.3 Å². The van der Waals surface area contributed by atoms with Crippen molar-refractivity contribution in [2.45, 2.75) is 56.2 Å². The van der Waals surface area contributed by atoms with Gasteiger partial charge in [0.05, 0.1) is 23.5 Å². The molecule has 1 aliphatic carbocycles. The zero-order chi connectivity index (χ0) is 30.6. The Balaban J connectivity index is 1.29. The third kappa shape index (κ3) is 4.04. The van der Waals surface area contributed by atoms with E-state index in [1.807, 2.05) is 0 Å². The lowest BCUT2D eigenvalue weighted by Crippen LogP contribution is -2.46. The molecule has 0 bridgehead atoms. The fraction of sp³-hybridized carbons (Fsp3) is 0.519. The zero-order valence-electron chi connectivity index (χ0n) is 22.9. The molecule has 15 heteroatoms. The van der Waals surface area contributed by atoms with Crippen molar-refractivity contribution in [2.24, 2.45) is 5.41 Å². The first-order valence-electron chi connectivity index (χ1n) is 13.3. The number of aromatic nitrogens is 3. The summed E-state index contributed by atoms with van der Waals surface area (Å²) in [5.74, 6) is -5.26. The van der Waals surface area contributed by atoms with E-state index in [1.54, 1.807) is 0 Å². The number of nitrogens with zero attached hydrogens (tertiary/aromatic N) is 5. The normalized spacial score (nSPS) is 32.2. The van der Waals surface area contributed by atoms with Gasteiger partial charge in [0.15, 0.2) is 10.8 Å². The molecule has 1 saturated carbocycles. The van der Waals surface area contributed by atoms with Gasteiger partial charge in [0.25, 0.3) is 5.92 Å². The molecule has 2 aliphatic heterocycles. The van der Waals surface area contributed by atoms with Crippen LogP contribution in [0.3, 0.4) is 0 Å². The largest absolute Gasteiger partial charge is 0.401 e. The van der Waals surface area contributed by atoms with Crippen LogP contribution in [-0.4, -0.2) is 72.9 Å². The molecule has 1 N–H and O–H groups in total. The molecule has 2 aromatic heterocycles. The van der Waals surface area contributed by atoms with Crippen LogP contribution in [0.2, 0.25) is 5.15 Å². The number of benzene rings is 1. The van der Waals surface area contributed by atoms with Gasteiger partial charge < -0.3 is 9.80 Å². The lowest BCUT2D eigenvalue weighted by molar-refractivity contribution is -0.181. The molecule has 0 radical (unpaired) electrons. The van der Waals surface area contributed by atoms with Crippen LogP contribution in [0, 0.1) is 10.2 Å². The van der Waals surface area contributed by atoms with Gasteiger partial charge in [-0.25, -0.2) is 22.5 Å². The Morgan fingerprint density at radius 3 is 2.38 bits per heavy atom. The lowest BCUT2D eigenvalue weighted by Gasteiger charge is -2.33. The van der Waals surface area contributed by atoms with Gasteiger partial charge in [0, 0.05) is 52.6 Å². The fourth-order valence-corrected chi connectivity index (χ4v) is 8.23. The van der Waals surface area contributed by atoms with E-state index >= 15 is 8.78 Å². The summed E-state index contributed by atoms with van der Waals surface area (Å²) < 4.78 is 94.8. The van der Waals surface area contributed by atoms with Crippen LogP contribution in [0.1, 0.15) is 43.9 Å². The Morgan fingerprint density at radius 1 is 1.17 bits per heavy atom. The van der Waals surface area contributed by atoms with E-state index in [-0.39, 0.29) is 45.3 Å². The van der Waals surface area contributed by atoms with E-state index in [9.17, 15) is 22.2 Å². The van der Waals surface area contributed by atoms with E-state index in [4.69, 9.17) is 16.4 Å². The van der Waals surface area contributed by atoms with Crippen LogP contribution in [0.15, 0.2) is 36.5 Å². The van der Waals surface area contributed by atoms with Gasteiger partial charge in [-0.2, -0.15) is 18.3 Å². The second kappa shape index (κ2) is 9.01. The highest BCUT2D eigenvalue weighted by molar-refractivity contribution is 7.92. The summed E-state index contributed by atoms with van der Waals surface area (Å²) in [5.41, 5.74) is -3.61. The first-order valence-corrected chi connectivity index (χ1v) is 15.6. The van der Waals surface area contributed by atoms with E-state index in [1.165, 1.54) is 60.3 Å². The number of amides is 1. The quantitative estimate of drug-likeness (QED) is 0.370. The molecule has 1 aromatic carbocycles. The molecule has 3 atom stereocenters. The first-order chi connectivity index (χ1) is 19.4. The SMILES string of the molecule is CN(C(=O)[C@]1(C)[C@@H](c2ccc(N3C[C@@](C)(C(F)(F)F)c4c3cnc3cc(Cl)nn43)cc2)C1(F)F)C1CCS(=N)(=O)CC1. The van der Waals surface area contributed by atoms with Crippen molar-refractivity contribution in [3.05, 3.63) is 52.9 Å². The molecule has 3 aliphatic rings. The fourth-order valence-electron chi connectivity index (χ4n) is 6.55. The molecule has 3 aromatic rings. The van der Waals surface area contributed by atoms with Crippen LogP contribution in [-0.2, 0) is 19.9 Å². The highest BCUT2D eigenvalue weighted by atomic mass is 35.5. The number of anilines is 2. The number of hydrogen-bond acceptors (Lipinski definition) is 6. The molecule has 2 fully saturated rings. The lowest BCUT2D eigenvalue weighted by atomic mass is 9.87. The summed E-state index contributed by atoms with van der Waals surface area (Å²) in [4.78, 5) is 20.3. The second-order valence-corrected chi connectivity index (χ2v) is 14.7.